The first-order valence-electron chi connectivity index (χ1n) is 6.86. The Kier molecular flexibility index (Phi) is 4.74. The molecule has 9 heteroatoms. The number of halogens is 2. The first-order chi connectivity index (χ1) is 10.6. The van der Waals surface area contributed by atoms with Crippen molar-refractivity contribution in [1.29, 1.82) is 0 Å². The maximum atomic E-state index is 13.2. The Morgan fingerprint density at radius 1 is 1.35 bits per heavy atom. The number of alkyl halides is 2. The molecule has 1 aromatic rings. The van der Waals surface area contributed by atoms with Crippen LogP contribution in [0.3, 0.4) is 0 Å². The van der Waals surface area contributed by atoms with Gasteiger partial charge < -0.3 is 10.2 Å². The third-order valence-corrected chi connectivity index (χ3v) is 5.65. The van der Waals surface area contributed by atoms with Crippen molar-refractivity contribution in [3.63, 3.8) is 0 Å². The number of nitrogens with zero attached hydrogens (tertiary/aromatic N) is 1. The summed E-state index contributed by atoms with van der Waals surface area (Å²) in [4.78, 5) is 10.8. The summed E-state index contributed by atoms with van der Waals surface area (Å²) in [6.45, 7) is -2.59. The lowest BCUT2D eigenvalue weighted by Gasteiger charge is -2.22. The maximum absolute atomic E-state index is 13.2. The topological polar surface area (TPSA) is 94.9 Å². The van der Waals surface area contributed by atoms with E-state index in [1.165, 1.54) is 18.2 Å². The van der Waals surface area contributed by atoms with Crippen molar-refractivity contribution in [3.05, 3.63) is 29.3 Å². The average molecular weight is 349 g/mol. The first kappa shape index (κ1) is 17.8. The van der Waals surface area contributed by atoms with Gasteiger partial charge in [0, 0.05) is 7.05 Å². The minimum absolute atomic E-state index is 0.168. The second kappa shape index (κ2) is 6.14. The second-order valence-electron chi connectivity index (χ2n) is 5.65. The zero-order valence-electron chi connectivity index (χ0n) is 12.4. The summed E-state index contributed by atoms with van der Waals surface area (Å²) in [5.74, 6) is -5.09. The predicted octanol–water partition coefficient (Wildman–Crippen LogP) is 0.734. The molecule has 6 nitrogen and oxygen atoms in total. The summed E-state index contributed by atoms with van der Waals surface area (Å²) in [6.07, 6.45) is 0.536. The first-order valence-corrected chi connectivity index (χ1v) is 8.30. The average Bonchev–Trinajstić information content (AvgIpc) is 2.90. The van der Waals surface area contributed by atoms with Gasteiger partial charge in [-0.2, -0.15) is 4.31 Å². The molecule has 2 N–H and O–H groups in total. The highest BCUT2D eigenvalue weighted by atomic mass is 32.2. The third kappa shape index (κ3) is 3.67. The highest BCUT2D eigenvalue weighted by Crippen LogP contribution is 2.30. The molecule has 1 atom stereocenters. The molecule has 1 aromatic carbocycles. The highest BCUT2D eigenvalue weighted by Gasteiger charge is 2.35. The van der Waals surface area contributed by atoms with Crippen LogP contribution in [0.1, 0.15) is 11.1 Å². The van der Waals surface area contributed by atoms with Crippen LogP contribution in [0, 0.1) is 5.92 Å². The normalized spacial score (nSPS) is 18.2. The molecule has 0 aromatic heterocycles. The number of hydrogen-bond acceptors (Lipinski definition) is 4. The molecule has 0 saturated heterocycles. The number of carbonyl (C=O) groups is 1. The number of aliphatic carboxylic acids is 1. The summed E-state index contributed by atoms with van der Waals surface area (Å²) in [5.41, 5.74) is 1.35. The van der Waals surface area contributed by atoms with Gasteiger partial charge in [-0.25, -0.2) is 17.2 Å². The molecule has 0 aliphatic heterocycles. The van der Waals surface area contributed by atoms with E-state index in [2.05, 4.69) is 0 Å². The number of fused-ring (bicyclic) bond motifs is 1. The smallest absolute Gasteiger partial charge is 0.307 e. The van der Waals surface area contributed by atoms with Gasteiger partial charge in [0.05, 0.1) is 17.4 Å². The highest BCUT2D eigenvalue weighted by molar-refractivity contribution is 7.89. The molecule has 1 aliphatic rings. The lowest BCUT2D eigenvalue weighted by atomic mass is 10.1. The minimum atomic E-state index is -4.15. The second-order valence-corrected chi connectivity index (χ2v) is 7.69. The van der Waals surface area contributed by atoms with Crippen LogP contribution in [0.15, 0.2) is 23.1 Å². The number of hydrogen-bond donors (Lipinski definition) is 2. The number of sulfonamides is 1. The van der Waals surface area contributed by atoms with E-state index >= 15 is 0 Å². The Labute approximate surface area is 132 Å². The summed E-state index contributed by atoms with van der Waals surface area (Å²) in [6, 6.07) is 4.14. The van der Waals surface area contributed by atoms with E-state index in [-0.39, 0.29) is 11.3 Å². The van der Waals surface area contributed by atoms with Crippen molar-refractivity contribution < 1.29 is 32.2 Å². The van der Waals surface area contributed by atoms with Crippen LogP contribution >= 0.6 is 0 Å². The number of aliphatic hydroxyl groups is 1. The lowest BCUT2D eigenvalue weighted by molar-refractivity contribution is -0.141. The molecule has 0 fully saturated rings. The SMILES string of the molecule is CN(CC(F)(F)CO)S(=O)(=O)c1ccc2c(c1)CC(C(=O)O)C2. The number of carboxylic acids is 1. The Morgan fingerprint density at radius 2 is 1.96 bits per heavy atom. The molecule has 1 unspecified atom stereocenters. The largest absolute Gasteiger partial charge is 0.481 e. The molecular weight excluding hydrogens is 332 g/mol. The fourth-order valence-corrected chi connectivity index (χ4v) is 3.82. The molecule has 0 heterocycles. The fourth-order valence-electron chi connectivity index (χ4n) is 2.57. The number of aliphatic hydroxyl groups excluding tert-OH is 1. The van der Waals surface area contributed by atoms with Crippen LogP contribution in [0.2, 0.25) is 0 Å². The van der Waals surface area contributed by atoms with Crippen LogP contribution in [-0.2, 0) is 27.7 Å². The van der Waals surface area contributed by atoms with Gasteiger partial charge >= 0.3 is 5.97 Å². The maximum Gasteiger partial charge on any atom is 0.307 e. The summed E-state index contributed by atoms with van der Waals surface area (Å²) in [5, 5.41) is 17.6. The van der Waals surface area contributed by atoms with Crippen LogP contribution in [0.4, 0.5) is 8.78 Å². The van der Waals surface area contributed by atoms with Crippen LogP contribution in [-0.4, -0.2) is 55.0 Å². The monoisotopic (exact) mass is 349 g/mol. The van der Waals surface area contributed by atoms with Crippen molar-refractivity contribution >= 4 is 16.0 Å². The standard InChI is InChI=1S/C14H17F2NO5S/c1-17(7-14(15,16)8-18)23(21,22)12-3-2-9-4-11(13(19)20)5-10(9)6-12/h2-3,6,11,18H,4-5,7-8H2,1H3,(H,19,20). The van der Waals surface area contributed by atoms with E-state index in [1.807, 2.05) is 0 Å². The van der Waals surface area contributed by atoms with Gasteiger partial charge in [0.2, 0.25) is 10.0 Å². The van der Waals surface area contributed by atoms with Gasteiger partial charge in [-0.15, -0.1) is 0 Å². The molecule has 0 saturated carbocycles. The molecular formula is C14H17F2NO5S. The Morgan fingerprint density at radius 3 is 2.52 bits per heavy atom. The molecule has 1 aliphatic carbocycles. The molecule has 128 valence electrons. The molecule has 0 amide bonds. The van der Waals surface area contributed by atoms with E-state index in [1.54, 1.807) is 0 Å². The number of carboxylic acid groups (broad SMARTS) is 1. The summed E-state index contributed by atoms with van der Waals surface area (Å²) < 4.78 is 51.5. The van der Waals surface area contributed by atoms with Crippen LogP contribution in [0.25, 0.3) is 0 Å². The van der Waals surface area contributed by atoms with Gasteiger partial charge in [-0.1, -0.05) is 6.07 Å². The van der Waals surface area contributed by atoms with Crippen LogP contribution in [0.5, 0.6) is 0 Å². The number of rotatable bonds is 6. The molecule has 0 bridgehead atoms. The quantitative estimate of drug-likeness (QED) is 0.790. The van der Waals surface area contributed by atoms with E-state index < -0.39 is 41.0 Å². The summed E-state index contributed by atoms with van der Waals surface area (Å²) in [7, 11) is -3.14. The van der Waals surface area contributed by atoms with E-state index in [9.17, 15) is 22.0 Å². The Balaban J connectivity index is 2.26. The molecule has 23 heavy (non-hydrogen) atoms. The van der Waals surface area contributed by atoms with E-state index in [4.69, 9.17) is 10.2 Å². The van der Waals surface area contributed by atoms with Crippen molar-refractivity contribution in [2.24, 2.45) is 5.92 Å². The number of benzene rings is 1. The van der Waals surface area contributed by atoms with Gasteiger partial charge in [-0.05, 0) is 36.1 Å². The fraction of sp³-hybridized carbons (Fsp3) is 0.500. The zero-order valence-corrected chi connectivity index (χ0v) is 13.2. The van der Waals surface area contributed by atoms with Gasteiger partial charge in [0.15, 0.2) is 0 Å². The lowest BCUT2D eigenvalue weighted by Crippen LogP contribution is -2.40. The minimum Gasteiger partial charge on any atom is -0.481 e. The molecule has 0 radical (unpaired) electrons. The Hall–Kier alpha value is -1.58. The van der Waals surface area contributed by atoms with Gasteiger partial charge in [0.1, 0.15) is 6.61 Å². The molecule has 0 spiro atoms. The molecule has 2 rings (SSSR count). The summed E-state index contributed by atoms with van der Waals surface area (Å²) >= 11 is 0. The van der Waals surface area contributed by atoms with Crippen molar-refractivity contribution in [2.45, 2.75) is 23.7 Å². The van der Waals surface area contributed by atoms with Crippen molar-refractivity contribution in [2.75, 3.05) is 20.2 Å². The zero-order chi connectivity index (χ0) is 17.4. The van der Waals surface area contributed by atoms with Gasteiger partial charge in [-0.3, -0.25) is 4.79 Å². The van der Waals surface area contributed by atoms with Crippen molar-refractivity contribution in [3.8, 4) is 0 Å². The third-order valence-electron chi connectivity index (χ3n) is 3.85. The van der Waals surface area contributed by atoms with Gasteiger partial charge in [0.25, 0.3) is 5.92 Å². The van der Waals surface area contributed by atoms with E-state index in [0.717, 1.165) is 12.6 Å². The van der Waals surface area contributed by atoms with Crippen molar-refractivity contribution in [1.82, 2.24) is 4.31 Å². The Bertz CT molecular complexity index is 720. The van der Waals surface area contributed by atoms with Crippen LogP contribution < -0.4 is 0 Å². The van der Waals surface area contributed by atoms with E-state index in [0.29, 0.717) is 16.3 Å². The predicted molar refractivity (Wildman–Crippen MR) is 76.8 cm³/mol.